The van der Waals surface area contributed by atoms with E-state index in [-0.39, 0.29) is 0 Å². The van der Waals surface area contributed by atoms with E-state index in [0.717, 1.165) is 29.7 Å². The largest absolute Gasteiger partial charge is 0.366 e. The van der Waals surface area contributed by atoms with Crippen LogP contribution in [0.15, 0.2) is 10.7 Å². The van der Waals surface area contributed by atoms with Crippen LogP contribution in [0.4, 0.5) is 11.8 Å². The van der Waals surface area contributed by atoms with Crippen molar-refractivity contribution in [3.63, 3.8) is 0 Å². The highest BCUT2D eigenvalue weighted by Crippen LogP contribution is 2.21. The molecular formula is C13H23BrN4S. The maximum atomic E-state index is 4.49. The van der Waals surface area contributed by atoms with Gasteiger partial charge in [-0.3, -0.25) is 0 Å². The van der Waals surface area contributed by atoms with Gasteiger partial charge in [-0.1, -0.05) is 13.8 Å². The van der Waals surface area contributed by atoms with E-state index in [4.69, 9.17) is 0 Å². The Labute approximate surface area is 128 Å². The van der Waals surface area contributed by atoms with Gasteiger partial charge in [-0.05, 0) is 47.2 Å². The third-order valence-electron chi connectivity index (χ3n) is 2.56. The SMILES string of the molecule is CCCNc1ncc(Br)c(NC(C)CCSCC)n1. The standard InChI is InChI=1S/C13H23BrN4S/c1-4-7-15-13-16-9-11(14)12(18-13)17-10(3)6-8-19-5-2/h9-10H,4-8H2,1-3H3,(H2,15,16,17,18). The fourth-order valence-electron chi connectivity index (χ4n) is 1.50. The Balaban J connectivity index is 2.55. The van der Waals surface area contributed by atoms with Gasteiger partial charge in [-0.2, -0.15) is 16.7 Å². The lowest BCUT2D eigenvalue weighted by molar-refractivity contribution is 0.764. The molecule has 1 aromatic rings. The number of nitrogens with zero attached hydrogens (tertiary/aromatic N) is 2. The Kier molecular flexibility index (Phi) is 8.21. The van der Waals surface area contributed by atoms with Gasteiger partial charge in [0.05, 0.1) is 4.47 Å². The molecule has 0 aliphatic heterocycles. The van der Waals surface area contributed by atoms with Gasteiger partial charge in [0.25, 0.3) is 0 Å². The van der Waals surface area contributed by atoms with E-state index < -0.39 is 0 Å². The summed E-state index contributed by atoms with van der Waals surface area (Å²) in [7, 11) is 0. The van der Waals surface area contributed by atoms with E-state index in [0.29, 0.717) is 12.0 Å². The van der Waals surface area contributed by atoms with Crippen LogP contribution in [0.5, 0.6) is 0 Å². The first kappa shape index (κ1) is 16.6. The summed E-state index contributed by atoms with van der Waals surface area (Å²) in [6, 6.07) is 0.407. The first-order valence-electron chi connectivity index (χ1n) is 6.78. The molecule has 4 nitrogen and oxygen atoms in total. The smallest absolute Gasteiger partial charge is 0.224 e. The number of thioether (sulfide) groups is 1. The molecule has 108 valence electrons. The minimum Gasteiger partial charge on any atom is -0.366 e. The molecule has 0 bridgehead atoms. The second kappa shape index (κ2) is 9.42. The third kappa shape index (κ3) is 6.47. The van der Waals surface area contributed by atoms with Crippen molar-refractivity contribution in [3.05, 3.63) is 10.7 Å². The van der Waals surface area contributed by atoms with Crippen LogP contribution < -0.4 is 10.6 Å². The fourth-order valence-corrected chi connectivity index (χ4v) is 2.61. The van der Waals surface area contributed by atoms with Crippen molar-refractivity contribution in [1.82, 2.24) is 9.97 Å². The quantitative estimate of drug-likeness (QED) is 0.661. The minimum absolute atomic E-state index is 0.407. The Morgan fingerprint density at radius 2 is 2.21 bits per heavy atom. The first-order valence-corrected chi connectivity index (χ1v) is 8.72. The van der Waals surface area contributed by atoms with Gasteiger partial charge in [0.15, 0.2) is 0 Å². The summed E-state index contributed by atoms with van der Waals surface area (Å²) in [5.74, 6) is 3.90. The van der Waals surface area contributed by atoms with Crippen LogP contribution in [0.1, 0.15) is 33.6 Å². The Hall–Kier alpha value is -0.490. The lowest BCUT2D eigenvalue weighted by atomic mass is 10.2. The van der Waals surface area contributed by atoms with Crippen molar-refractivity contribution in [2.75, 3.05) is 28.7 Å². The zero-order valence-corrected chi connectivity index (χ0v) is 14.3. The molecule has 0 saturated carbocycles. The molecule has 0 saturated heterocycles. The maximum Gasteiger partial charge on any atom is 0.224 e. The van der Waals surface area contributed by atoms with Crippen molar-refractivity contribution >= 4 is 39.5 Å². The topological polar surface area (TPSA) is 49.8 Å². The average Bonchev–Trinajstić information content (AvgIpc) is 2.40. The second-order valence-corrected chi connectivity index (χ2v) is 6.60. The second-order valence-electron chi connectivity index (χ2n) is 4.35. The number of anilines is 2. The zero-order valence-electron chi connectivity index (χ0n) is 11.9. The van der Waals surface area contributed by atoms with Crippen molar-refractivity contribution in [1.29, 1.82) is 0 Å². The molecule has 0 aromatic carbocycles. The normalized spacial score (nSPS) is 12.2. The lowest BCUT2D eigenvalue weighted by Crippen LogP contribution is -2.18. The number of aromatic nitrogens is 2. The summed E-state index contributed by atoms with van der Waals surface area (Å²) in [5, 5.41) is 6.63. The van der Waals surface area contributed by atoms with Crippen LogP contribution in [-0.2, 0) is 0 Å². The van der Waals surface area contributed by atoms with E-state index >= 15 is 0 Å². The molecule has 6 heteroatoms. The average molecular weight is 347 g/mol. The molecule has 0 spiro atoms. The minimum atomic E-state index is 0.407. The molecule has 0 radical (unpaired) electrons. The van der Waals surface area contributed by atoms with Crippen molar-refractivity contribution < 1.29 is 0 Å². The van der Waals surface area contributed by atoms with Gasteiger partial charge in [0.2, 0.25) is 5.95 Å². The van der Waals surface area contributed by atoms with Crippen LogP contribution in [0.3, 0.4) is 0 Å². The number of rotatable bonds is 9. The molecule has 1 rings (SSSR count). The molecule has 1 heterocycles. The van der Waals surface area contributed by atoms with Crippen LogP contribution in [-0.4, -0.2) is 34.1 Å². The molecule has 19 heavy (non-hydrogen) atoms. The number of halogens is 1. The molecule has 0 amide bonds. The molecule has 1 atom stereocenters. The van der Waals surface area contributed by atoms with Crippen LogP contribution >= 0.6 is 27.7 Å². The monoisotopic (exact) mass is 346 g/mol. The molecule has 1 unspecified atom stereocenters. The van der Waals surface area contributed by atoms with Crippen molar-refractivity contribution in [2.45, 2.75) is 39.7 Å². The highest BCUT2D eigenvalue weighted by molar-refractivity contribution is 9.10. The van der Waals surface area contributed by atoms with Crippen LogP contribution in [0, 0.1) is 0 Å². The van der Waals surface area contributed by atoms with E-state index in [1.807, 2.05) is 11.8 Å². The summed E-state index contributed by atoms with van der Waals surface area (Å²) >= 11 is 5.46. The summed E-state index contributed by atoms with van der Waals surface area (Å²) in [6.45, 7) is 7.39. The Morgan fingerprint density at radius 1 is 1.42 bits per heavy atom. The van der Waals surface area contributed by atoms with Crippen molar-refractivity contribution in [2.24, 2.45) is 0 Å². The van der Waals surface area contributed by atoms with Crippen LogP contribution in [0.2, 0.25) is 0 Å². The fraction of sp³-hybridized carbons (Fsp3) is 0.692. The van der Waals surface area contributed by atoms with Gasteiger partial charge in [0, 0.05) is 18.8 Å². The number of hydrogen-bond acceptors (Lipinski definition) is 5. The van der Waals surface area contributed by atoms with Crippen molar-refractivity contribution in [3.8, 4) is 0 Å². The zero-order chi connectivity index (χ0) is 14.1. The third-order valence-corrected chi connectivity index (χ3v) is 4.07. The molecule has 0 fully saturated rings. The summed E-state index contributed by atoms with van der Waals surface area (Å²) in [5.41, 5.74) is 0. The van der Waals surface area contributed by atoms with E-state index in [2.05, 4.69) is 57.3 Å². The highest BCUT2D eigenvalue weighted by atomic mass is 79.9. The van der Waals surface area contributed by atoms with Gasteiger partial charge in [-0.25, -0.2) is 4.98 Å². The highest BCUT2D eigenvalue weighted by Gasteiger charge is 2.08. The molecule has 0 aliphatic rings. The Bertz CT molecular complexity index is 376. The van der Waals surface area contributed by atoms with Crippen LogP contribution in [0.25, 0.3) is 0 Å². The number of hydrogen-bond donors (Lipinski definition) is 2. The molecule has 2 N–H and O–H groups in total. The lowest BCUT2D eigenvalue weighted by Gasteiger charge is -2.16. The molecule has 0 aliphatic carbocycles. The predicted octanol–water partition coefficient (Wildman–Crippen LogP) is 4.00. The summed E-state index contributed by atoms with van der Waals surface area (Å²) < 4.78 is 0.907. The van der Waals surface area contributed by atoms with Gasteiger partial charge >= 0.3 is 0 Å². The van der Waals surface area contributed by atoms with E-state index in [1.54, 1.807) is 6.20 Å². The predicted molar refractivity (Wildman–Crippen MR) is 89.2 cm³/mol. The molecular weight excluding hydrogens is 324 g/mol. The van der Waals surface area contributed by atoms with E-state index in [1.165, 1.54) is 11.5 Å². The molecule has 1 aromatic heterocycles. The maximum absolute atomic E-state index is 4.49. The van der Waals surface area contributed by atoms with Gasteiger partial charge < -0.3 is 10.6 Å². The number of nitrogens with one attached hydrogen (secondary N) is 2. The Morgan fingerprint density at radius 3 is 2.89 bits per heavy atom. The van der Waals surface area contributed by atoms with E-state index in [9.17, 15) is 0 Å². The first-order chi connectivity index (χ1) is 9.17. The summed E-state index contributed by atoms with van der Waals surface area (Å²) in [6.07, 6.45) is 3.99. The van der Waals surface area contributed by atoms with Gasteiger partial charge in [0.1, 0.15) is 5.82 Å². The summed E-state index contributed by atoms with van der Waals surface area (Å²) in [4.78, 5) is 8.74. The van der Waals surface area contributed by atoms with Gasteiger partial charge in [-0.15, -0.1) is 0 Å².